The molecule has 0 atom stereocenters. The van der Waals surface area contributed by atoms with Gasteiger partial charge in [0.1, 0.15) is 0 Å². The van der Waals surface area contributed by atoms with Gasteiger partial charge in [0.2, 0.25) is 10.0 Å². The van der Waals surface area contributed by atoms with Crippen LogP contribution in [0.2, 0.25) is 0 Å². The Labute approximate surface area is 214 Å². The van der Waals surface area contributed by atoms with E-state index in [1.807, 2.05) is 17.6 Å². The summed E-state index contributed by atoms with van der Waals surface area (Å²) in [6, 6.07) is 12.0. The summed E-state index contributed by atoms with van der Waals surface area (Å²) in [5, 5.41) is 0. The second-order valence-electron chi connectivity index (χ2n) is 8.64. The Morgan fingerprint density at radius 2 is 1.78 bits per heavy atom. The van der Waals surface area contributed by atoms with Crippen LogP contribution in [0.25, 0.3) is 10.2 Å². The van der Waals surface area contributed by atoms with Crippen molar-refractivity contribution in [2.45, 2.75) is 31.2 Å². The molecule has 0 saturated carbocycles. The Balaban J connectivity index is 1.55. The topological polar surface area (TPSA) is 107 Å². The number of methoxy groups -OCH3 is 2. The van der Waals surface area contributed by atoms with Crippen molar-refractivity contribution in [2.24, 2.45) is 10.9 Å². The van der Waals surface area contributed by atoms with Crippen molar-refractivity contribution < 1.29 is 27.5 Å². The van der Waals surface area contributed by atoms with Gasteiger partial charge < -0.3 is 14.0 Å². The van der Waals surface area contributed by atoms with Gasteiger partial charge in [-0.05, 0) is 50.1 Å². The van der Waals surface area contributed by atoms with Crippen LogP contribution in [0.4, 0.5) is 0 Å². The zero-order valence-corrected chi connectivity index (χ0v) is 22.1. The summed E-state index contributed by atoms with van der Waals surface area (Å²) >= 11 is 1.32. The van der Waals surface area contributed by atoms with E-state index >= 15 is 0 Å². The van der Waals surface area contributed by atoms with E-state index in [0.717, 1.165) is 15.8 Å². The van der Waals surface area contributed by atoms with Crippen molar-refractivity contribution in [1.82, 2.24) is 8.87 Å². The molecule has 11 heteroatoms. The van der Waals surface area contributed by atoms with Gasteiger partial charge in [0, 0.05) is 32.7 Å². The van der Waals surface area contributed by atoms with Crippen LogP contribution < -0.4 is 4.80 Å². The second-order valence-corrected chi connectivity index (χ2v) is 11.6. The van der Waals surface area contributed by atoms with Crippen LogP contribution in [0.3, 0.4) is 0 Å². The molecule has 192 valence electrons. The Hall–Kier alpha value is -2.86. The third-order valence-corrected chi connectivity index (χ3v) is 9.24. The van der Waals surface area contributed by atoms with Crippen LogP contribution in [0.1, 0.15) is 28.8 Å². The van der Waals surface area contributed by atoms with Gasteiger partial charge in [0.25, 0.3) is 5.91 Å². The van der Waals surface area contributed by atoms with Gasteiger partial charge in [-0.15, -0.1) is 0 Å². The van der Waals surface area contributed by atoms with Crippen molar-refractivity contribution in [3.8, 4) is 0 Å². The molecule has 0 N–H and O–H groups in total. The Morgan fingerprint density at radius 3 is 2.42 bits per heavy atom. The summed E-state index contributed by atoms with van der Waals surface area (Å²) in [5.41, 5.74) is 2.26. The number of hydrogen-bond acceptors (Lipinski definition) is 7. The molecule has 1 aliphatic heterocycles. The highest BCUT2D eigenvalue weighted by atomic mass is 32.2. The maximum Gasteiger partial charge on any atom is 0.337 e. The van der Waals surface area contributed by atoms with Gasteiger partial charge in [0.15, 0.2) is 4.80 Å². The molecule has 1 saturated heterocycles. The Morgan fingerprint density at radius 1 is 1.08 bits per heavy atom. The number of rotatable bonds is 7. The van der Waals surface area contributed by atoms with Gasteiger partial charge in [-0.1, -0.05) is 29.0 Å². The summed E-state index contributed by atoms with van der Waals surface area (Å²) in [5.74, 6) is -1.06. The molecular weight excluding hydrogens is 502 g/mol. The Kier molecular flexibility index (Phi) is 8.04. The van der Waals surface area contributed by atoms with Crippen molar-refractivity contribution in [1.29, 1.82) is 0 Å². The number of thiazole rings is 1. The SMILES string of the molecule is COCCn1c(=NC(=O)C2CCN(S(=O)(=O)c3ccc(C)cc3)CC2)sc2cc(C(=O)OC)ccc21. The fraction of sp³-hybridized carbons (Fsp3) is 0.400. The first-order valence-corrected chi connectivity index (χ1v) is 13.9. The van der Waals surface area contributed by atoms with Crippen LogP contribution in [0.5, 0.6) is 0 Å². The van der Waals surface area contributed by atoms with E-state index < -0.39 is 16.0 Å². The number of sulfonamides is 1. The lowest BCUT2D eigenvalue weighted by atomic mass is 9.98. The minimum Gasteiger partial charge on any atom is -0.465 e. The molecule has 4 rings (SSSR count). The average molecular weight is 532 g/mol. The molecular formula is C25H29N3O6S2. The molecule has 3 aromatic rings. The molecule has 36 heavy (non-hydrogen) atoms. The number of aryl methyl sites for hydroxylation is 1. The van der Waals surface area contributed by atoms with Crippen molar-refractivity contribution in [3.63, 3.8) is 0 Å². The number of benzene rings is 2. The third kappa shape index (κ3) is 5.44. The van der Waals surface area contributed by atoms with Crippen molar-refractivity contribution in [2.75, 3.05) is 33.9 Å². The molecule has 2 heterocycles. The van der Waals surface area contributed by atoms with Crippen LogP contribution in [-0.2, 0) is 30.8 Å². The number of esters is 1. The predicted octanol–water partition coefficient (Wildman–Crippen LogP) is 2.97. The molecule has 1 amide bonds. The van der Waals surface area contributed by atoms with Gasteiger partial charge in [-0.2, -0.15) is 9.30 Å². The number of carbonyl (C=O) groups is 2. The number of piperidine rings is 1. The Bertz CT molecular complexity index is 1430. The maximum absolute atomic E-state index is 13.1. The summed E-state index contributed by atoms with van der Waals surface area (Å²) in [6.45, 7) is 3.36. The largest absolute Gasteiger partial charge is 0.465 e. The first-order chi connectivity index (χ1) is 17.2. The fourth-order valence-electron chi connectivity index (χ4n) is 4.19. The fourth-order valence-corrected chi connectivity index (χ4v) is 6.76. The van der Waals surface area contributed by atoms with Crippen molar-refractivity contribution in [3.05, 3.63) is 58.4 Å². The number of fused-ring (bicyclic) bond motifs is 1. The van der Waals surface area contributed by atoms with Crippen LogP contribution in [0.15, 0.2) is 52.4 Å². The minimum atomic E-state index is -3.60. The van der Waals surface area contributed by atoms with Crippen LogP contribution in [-0.4, -0.2) is 63.1 Å². The molecule has 0 radical (unpaired) electrons. The average Bonchev–Trinajstić information content (AvgIpc) is 3.23. The number of carbonyl (C=O) groups excluding carboxylic acids is 2. The predicted molar refractivity (Wildman–Crippen MR) is 136 cm³/mol. The molecule has 1 aliphatic rings. The maximum atomic E-state index is 13.1. The normalized spacial score (nSPS) is 15.9. The molecule has 1 fully saturated rings. The highest BCUT2D eigenvalue weighted by Gasteiger charge is 2.32. The lowest BCUT2D eigenvalue weighted by molar-refractivity contribution is -0.122. The van der Waals surface area contributed by atoms with E-state index in [9.17, 15) is 18.0 Å². The van der Waals surface area contributed by atoms with Crippen LogP contribution in [0, 0.1) is 12.8 Å². The zero-order valence-electron chi connectivity index (χ0n) is 20.5. The lowest BCUT2D eigenvalue weighted by Crippen LogP contribution is -2.40. The van der Waals surface area contributed by atoms with Gasteiger partial charge in [0.05, 0.1) is 34.4 Å². The highest BCUT2D eigenvalue weighted by molar-refractivity contribution is 7.89. The van der Waals surface area contributed by atoms with Gasteiger partial charge in [-0.3, -0.25) is 4.79 Å². The molecule has 0 aliphatic carbocycles. The smallest absolute Gasteiger partial charge is 0.337 e. The van der Waals surface area contributed by atoms with Gasteiger partial charge >= 0.3 is 5.97 Å². The number of nitrogens with zero attached hydrogens (tertiary/aromatic N) is 3. The lowest BCUT2D eigenvalue weighted by Gasteiger charge is -2.29. The number of amides is 1. The molecule has 1 aromatic heterocycles. The third-order valence-electron chi connectivity index (χ3n) is 6.29. The monoisotopic (exact) mass is 531 g/mol. The van der Waals surface area contributed by atoms with E-state index in [1.165, 1.54) is 22.8 Å². The quantitative estimate of drug-likeness (QED) is 0.434. The van der Waals surface area contributed by atoms with E-state index in [-0.39, 0.29) is 29.8 Å². The number of hydrogen-bond donors (Lipinski definition) is 0. The highest BCUT2D eigenvalue weighted by Crippen LogP contribution is 2.25. The second kappa shape index (κ2) is 11.0. The molecule has 0 spiro atoms. The molecule has 0 bridgehead atoms. The number of aromatic nitrogens is 1. The summed E-state index contributed by atoms with van der Waals surface area (Å²) in [4.78, 5) is 30.3. The summed E-state index contributed by atoms with van der Waals surface area (Å²) in [6.07, 6.45) is 0.811. The molecule has 2 aromatic carbocycles. The van der Waals surface area contributed by atoms with E-state index in [2.05, 4.69) is 4.99 Å². The first-order valence-electron chi connectivity index (χ1n) is 11.6. The van der Waals surface area contributed by atoms with E-state index in [4.69, 9.17) is 9.47 Å². The zero-order chi connectivity index (χ0) is 25.9. The van der Waals surface area contributed by atoms with E-state index in [1.54, 1.807) is 43.5 Å². The summed E-state index contributed by atoms with van der Waals surface area (Å²) < 4.78 is 40.1. The minimum absolute atomic E-state index is 0.262. The van der Waals surface area contributed by atoms with Crippen LogP contribution >= 0.6 is 11.3 Å². The molecule has 9 nitrogen and oxygen atoms in total. The van der Waals surface area contributed by atoms with E-state index in [0.29, 0.717) is 36.4 Å². The number of ether oxygens (including phenoxy) is 2. The van der Waals surface area contributed by atoms with Crippen molar-refractivity contribution >= 4 is 43.5 Å². The summed E-state index contributed by atoms with van der Waals surface area (Å²) in [7, 11) is -0.665. The van der Waals surface area contributed by atoms with Gasteiger partial charge in [-0.25, -0.2) is 13.2 Å². The molecule has 0 unspecified atom stereocenters. The standard InChI is InChI=1S/C25H29N3O6S2/c1-17-4-7-20(8-5-17)36(31,32)27-12-10-18(11-13-27)23(29)26-25-28(14-15-33-2)21-9-6-19(24(30)34-3)16-22(21)35-25/h4-9,16,18H,10-15H2,1-3H3. The first kappa shape index (κ1) is 26.2.